The summed E-state index contributed by atoms with van der Waals surface area (Å²) in [5.41, 5.74) is 1.15. The van der Waals surface area contributed by atoms with Crippen molar-refractivity contribution in [3.63, 3.8) is 0 Å². The van der Waals surface area contributed by atoms with E-state index in [0.717, 1.165) is 17.0 Å². The number of aryl methyl sites for hydroxylation is 1. The van der Waals surface area contributed by atoms with Crippen molar-refractivity contribution < 1.29 is 32.3 Å². The highest BCUT2D eigenvalue weighted by Gasteiger charge is 2.53. The van der Waals surface area contributed by atoms with Gasteiger partial charge in [-0.3, -0.25) is 19.3 Å². The zero-order chi connectivity index (χ0) is 25.3. The first kappa shape index (κ1) is 23.6. The second-order valence-electron chi connectivity index (χ2n) is 7.67. The lowest BCUT2D eigenvalue weighted by Gasteiger charge is -2.26. The quantitative estimate of drug-likeness (QED) is 0.311. The molecule has 176 valence electrons. The Hall–Kier alpha value is -4.59. The standard InChI is InChI=1S/C24H15F3N4O4/c1-13-2-11-18(30-29-13)31-20(15-7-9-17(10-8-15)35-24(25,26)27)19(22(33)23(31)34)21(32)16-5-3-14(12-28)4-6-16/h2-11,19-20H,1H3. The lowest BCUT2D eigenvalue weighted by molar-refractivity contribution is -0.274. The summed E-state index contributed by atoms with van der Waals surface area (Å²) in [4.78, 5) is 40.5. The third-order valence-electron chi connectivity index (χ3n) is 5.37. The molecule has 0 spiro atoms. The van der Waals surface area contributed by atoms with Gasteiger partial charge in [-0.15, -0.1) is 18.3 Å². The molecule has 2 atom stereocenters. The molecule has 1 amide bonds. The molecule has 2 aromatic carbocycles. The van der Waals surface area contributed by atoms with E-state index >= 15 is 0 Å². The number of benzene rings is 2. The molecule has 1 saturated heterocycles. The van der Waals surface area contributed by atoms with Crippen LogP contribution < -0.4 is 9.64 Å². The van der Waals surface area contributed by atoms with Crippen molar-refractivity contribution in [2.75, 3.05) is 4.90 Å². The van der Waals surface area contributed by atoms with Crippen LogP contribution in [0.25, 0.3) is 0 Å². The van der Waals surface area contributed by atoms with Gasteiger partial charge in [-0.1, -0.05) is 24.3 Å². The number of halogens is 3. The molecule has 1 aromatic heterocycles. The Morgan fingerprint density at radius 1 is 1.00 bits per heavy atom. The molecule has 35 heavy (non-hydrogen) atoms. The Kier molecular flexibility index (Phi) is 6.05. The van der Waals surface area contributed by atoms with Crippen molar-refractivity contribution in [3.8, 4) is 11.8 Å². The molecule has 8 nitrogen and oxygen atoms in total. The van der Waals surface area contributed by atoms with Crippen LogP contribution in [0.1, 0.15) is 33.2 Å². The number of alkyl halides is 3. The van der Waals surface area contributed by atoms with Crippen molar-refractivity contribution in [3.05, 3.63) is 83.0 Å². The van der Waals surface area contributed by atoms with Crippen LogP contribution in [-0.2, 0) is 9.59 Å². The molecule has 2 unspecified atom stereocenters. The average molecular weight is 480 g/mol. The molecule has 0 saturated carbocycles. The molecule has 1 aliphatic rings. The van der Waals surface area contributed by atoms with Crippen molar-refractivity contribution >= 4 is 23.3 Å². The van der Waals surface area contributed by atoms with Gasteiger partial charge in [0.1, 0.15) is 11.7 Å². The molecule has 3 aromatic rings. The summed E-state index contributed by atoms with van der Waals surface area (Å²) in [6, 6.07) is 13.8. The molecule has 0 N–H and O–H groups in total. The number of Topliss-reactive ketones (excluding diaryl/α,β-unsaturated/α-hetero) is 2. The van der Waals surface area contributed by atoms with Crippen LogP contribution in [-0.4, -0.2) is 34.0 Å². The zero-order valence-corrected chi connectivity index (χ0v) is 18.0. The van der Waals surface area contributed by atoms with Gasteiger partial charge < -0.3 is 4.74 Å². The van der Waals surface area contributed by atoms with Crippen LogP contribution in [0.3, 0.4) is 0 Å². The monoisotopic (exact) mass is 480 g/mol. The Labute approximate surface area is 196 Å². The SMILES string of the molecule is Cc1ccc(N2C(=O)C(=O)C(C(=O)c3ccc(C#N)cc3)C2c2ccc(OC(F)(F)F)cc2)nn1. The number of amides is 1. The lowest BCUT2D eigenvalue weighted by Crippen LogP contribution is -2.31. The van der Waals surface area contributed by atoms with Gasteiger partial charge in [0.2, 0.25) is 5.78 Å². The summed E-state index contributed by atoms with van der Waals surface area (Å²) < 4.78 is 41.6. The second kappa shape index (κ2) is 8.98. The molecule has 1 fully saturated rings. The fraction of sp³-hybridized carbons (Fsp3) is 0.167. The highest BCUT2D eigenvalue weighted by atomic mass is 19.4. The summed E-state index contributed by atoms with van der Waals surface area (Å²) in [5.74, 6) is -4.69. The highest BCUT2D eigenvalue weighted by molar-refractivity contribution is 6.48. The Morgan fingerprint density at radius 3 is 2.20 bits per heavy atom. The zero-order valence-electron chi connectivity index (χ0n) is 18.0. The maximum Gasteiger partial charge on any atom is 0.573 e. The summed E-state index contributed by atoms with van der Waals surface area (Å²) in [6.07, 6.45) is -4.90. The first-order valence-corrected chi connectivity index (χ1v) is 10.2. The van der Waals surface area contributed by atoms with E-state index in [0.29, 0.717) is 11.3 Å². The largest absolute Gasteiger partial charge is 0.573 e. The van der Waals surface area contributed by atoms with Crippen molar-refractivity contribution in [1.29, 1.82) is 5.26 Å². The molecule has 0 bridgehead atoms. The van der Waals surface area contributed by atoms with Crippen LogP contribution >= 0.6 is 0 Å². The highest BCUT2D eigenvalue weighted by Crippen LogP contribution is 2.41. The minimum Gasteiger partial charge on any atom is -0.406 e. The van der Waals surface area contributed by atoms with Gasteiger partial charge in [-0.25, -0.2) is 0 Å². The molecule has 2 heterocycles. The minimum atomic E-state index is -4.90. The van der Waals surface area contributed by atoms with E-state index < -0.39 is 41.5 Å². The van der Waals surface area contributed by atoms with Gasteiger partial charge in [-0.2, -0.15) is 10.4 Å². The number of nitriles is 1. The maximum atomic E-state index is 13.4. The van der Waals surface area contributed by atoms with Crippen LogP contribution in [0.4, 0.5) is 19.0 Å². The third-order valence-corrected chi connectivity index (χ3v) is 5.37. The van der Waals surface area contributed by atoms with Gasteiger partial charge in [-0.05, 0) is 48.9 Å². The maximum absolute atomic E-state index is 13.4. The Bertz CT molecular complexity index is 1330. The summed E-state index contributed by atoms with van der Waals surface area (Å²) in [5, 5.41) is 16.8. The van der Waals surface area contributed by atoms with Gasteiger partial charge in [0, 0.05) is 5.56 Å². The number of hydrogen-bond acceptors (Lipinski definition) is 7. The molecule has 1 aliphatic heterocycles. The van der Waals surface area contributed by atoms with Crippen LogP contribution in [0.5, 0.6) is 5.75 Å². The predicted molar refractivity (Wildman–Crippen MR) is 114 cm³/mol. The van der Waals surface area contributed by atoms with Crippen molar-refractivity contribution in [1.82, 2.24) is 10.2 Å². The van der Waals surface area contributed by atoms with Crippen LogP contribution in [0, 0.1) is 24.2 Å². The van der Waals surface area contributed by atoms with Crippen LogP contribution in [0.2, 0.25) is 0 Å². The van der Waals surface area contributed by atoms with E-state index in [2.05, 4.69) is 14.9 Å². The van der Waals surface area contributed by atoms with Crippen LogP contribution in [0.15, 0.2) is 60.7 Å². The summed E-state index contributed by atoms with van der Waals surface area (Å²) in [7, 11) is 0. The van der Waals surface area contributed by atoms with E-state index in [4.69, 9.17) is 5.26 Å². The third kappa shape index (κ3) is 4.72. The van der Waals surface area contributed by atoms with Crippen molar-refractivity contribution in [2.45, 2.75) is 19.3 Å². The summed E-state index contributed by atoms with van der Waals surface area (Å²) in [6.45, 7) is 1.67. The molecule has 0 aliphatic carbocycles. The number of aromatic nitrogens is 2. The first-order chi connectivity index (χ1) is 16.6. The van der Waals surface area contributed by atoms with E-state index in [1.807, 2.05) is 6.07 Å². The number of hydrogen-bond donors (Lipinski definition) is 0. The number of carbonyl (C=O) groups excluding carboxylic acids is 3. The van der Waals surface area contributed by atoms with Crippen molar-refractivity contribution in [2.24, 2.45) is 5.92 Å². The first-order valence-electron chi connectivity index (χ1n) is 10.2. The fourth-order valence-corrected chi connectivity index (χ4v) is 3.80. The number of nitrogens with zero attached hydrogens (tertiary/aromatic N) is 4. The normalized spacial score (nSPS) is 17.9. The van der Waals surface area contributed by atoms with Gasteiger partial charge in [0.05, 0.1) is 23.4 Å². The van der Waals surface area contributed by atoms with E-state index in [1.165, 1.54) is 42.5 Å². The number of carbonyl (C=O) groups is 3. The Morgan fingerprint density at radius 2 is 1.66 bits per heavy atom. The number of anilines is 1. The van der Waals surface area contributed by atoms with E-state index in [9.17, 15) is 27.6 Å². The molecule has 11 heteroatoms. The van der Waals surface area contributed by atoms with E-state index in [1.54, 1.807) is 13.0 Å². The van der Waals surface area contributed by atoms with Gasteiger partial charge in [0.25, 0.3) is 5.91 Å². The smallest absolute Gasteiger partial charge is 0.406 e. The van der Waals surface area contributed by atoms with E-state index in [-0.39, 0.29) is 16.9 Å². The number of ether oxygens (including phenoxy) is 1. The lowest BCUT2D eigenvalue weighted by atomic mass is 9.86. The molecule has 0 radical (unpaired) electrons. The fourth-order valence-electron chi connectivity index (χ4n) is 3.80. The van der Waals surface area contributed by atoms with Gasteiger partial charge >= 0.3 is 6.36 Å². The predicted octanol–water partition coefficient (Wildman–Crippen LogP) is 3.71. The molecule has 4 rings (SSSR count). The molecular formula is C24H15F3N4O4. The van der Waals surface area contributed by atoms with Gasteiger partial charge in [0.15, 0.2) is 11.6 Å². The summed E-state index contributed by atoms with van der Waals surface area (Å²) >= 11 is 0. The minimum absolute atomic E-state index is 0.00435. The number of ketones is 2. The molecular weight excluding hydrogens is 465 g/mol. The topological polar surface area (TPSA) is 113 Å². The number of rotatable bonds is 5. The average Bonchev–Trinajstić information content (AvgIpc) is 3.09. The second-order valence-corrected chi connectivity index (χ2v) is 7.67. The Balaban J connectivity index is 1.79.